The number of nitrogens with zero attached hydrogens (tertiary/aromatic N) is 1. The van der Waals surface area contributed by atoms with Crippen LogP contribution >= 0.6 is 0 Å². The molecule has 0 radical (unpaired) electrons. The number of rotatable bonds is 6. The van der Waals surface area contributed by atoms with Crippen molar-refractivity contribution in [2.75, 3.05) is 5.32 Å². The minimum absolute atomic E-state index is 0.0517. The molecule has 0 spiro atoms. The summed E-state index contributed by atoms with van der Waals surface area (Å²) in [6, 6.07) is 5.54. The smallest absolute Gasteiger partial charge is 0.319 e. The second kappa shape index (κ2) is 7.81. The molecule has 24 heavy (non-hydrogen) atoms. The quantitative estimate of drug-likeness (QED) is 0.835. The first-order valence-corrected chi connectivity index (χ1v) is 7.81. The van der Waals surface area contributed by atoms with Gasteiger partial charge in [0.15, 0.2) is 5.76 Å². The average molecular weight is 335 g/mol. The number of anilines is 1. The van der Waals surface area contributed by atoms with E-state index in [-0.39, 0.29) is 24.3 Å². The Morgan fingerprint density at radius 1 is 1.29 bits per heavy atom. The largest absolute Gasteiger partial charge is 0.491 e. The second-order valence-corrected chi connectivity index (χ2v) is 5.99. The molecule has 0 unspecified atom stereocenters. The van der Waals surface area contributed by atoms with Gasteiger partial charge in [0.05, 0.1) is 24.0 Å². The highest BCUT2D eigenvalue weighted by Gasteiger charge is 2.11. The van der Waals surface area contributed by atoms with E-state index in [9.17, 15) is 9.18 Å². The van der Waals surface area contributed by atoms with Crippen molar-refractivity contribution < 1.29 is 18.4 Å². The van der Waals surface area contributed by atoms with Crippen LogP contribution in [0.2, 0.25) is 0 Å². The van der Waals surface area contributed by atoms with Gasteiger partial charge in [-0.2, -0.15) is 0 Å². The zero-order chi connectivity index (χ0) is 17.7. The lowest BCUT2D eigenvalue weighted by molar-refractivity contribution is 0.241. The number of nitrogens with one attached hydrogen (secondary N) is 2. The Bertz CT molecular complexity index is 698. The van der Waals surface area contributed by atoms with Crippen LogP contribution in [0.1, 0.15) is 45.1 Å². The van der Waals surface area contributed by atoms with Gasteiger partial charge in [-0.15, -0.1) is 0 Å². The van der Waals surface area contributed by atoms with E-state index in [1.54, 1.807) is 12.1 Å². The van der Waals surface area contributed by atoms with Gasteiger partial charge >= 0.3 is 6.03 Å². The van der Waals surface area contributed by atoms with E-state index in [0.717, 1.165) is 5.69 Å². The normalized spacial score (nSPS) is 11.0. The van der Waals surface area contributed by atoms with Crippen molar-refractivity contribution in [2.45, 2.75) is 46.3 Å². The topological polar surface area (TPSA) is 76.4 Å². The summed E-state index contributed by atoms with van der Waals surface area (Å²) in [6.07, 6.45) is -0.0517. The van der Waals surface area contributed by atoms with E-state index in [2.05, 4.69) is 15.8 Å². The van der Waals surface area contributed by atoms with E-state index in [1.807, 2.05) is 27.7 Å². The highest BCUT2D eigenvalue weighted by atomic mass is 19.1. The first-order valence-electron chi connectivity index (χ1n) is 7.81. The zero-order valence-corrected chi connectivity index (χ0v) is 14.2. The number of amides is 2. The van der Waals surface area contributed by atoms with Gasteiger partial charge in [-0.05, 0) is 31.9 Å². The summed E-state index contributed by atoms with van der Waals surface area (Å²) in [5.41, 5.74) is 0.892. The molecular formula is C17H22FN3O3. The monoisotopic (exact) mass is 335 g/mol. The number of benzene rings is 1. The standard InChI is InChI=1S/C17H22FN3O3/c1-10(2)16-8-13(24-21-16)9-19-17(22)20-15-6-5-12(7-14(15)18)23-11(3)4/h5-8,10-11H,9H2,1-4H3,(H2,19,20,22). The number of ether oxygens (including phenoxy) is 1. The number of carbonyl (C=O) groups excluding carboxylic acids is 1. The van der Waals surface area contributed by atoms with Gasteiger partial charge in [0.2, 0.25) is 0 Å². The van der Waals surface area contributed by atoms with Gasteiger partial charge in [-0.25, -0.2) is 9.18 Å². The molecule has 0 saturated carbocycles. The number of hydrogen-bond acceptors (Lipinski definition) is 4. The number of urea groups is 1. The van der Waals surface area contributed by atoms with Crippen LogP contribution in [0, 0.1) is 5.82 Å². The summed E-state index contributed by atoms with van der Waals surface area (Å²) in [4.78, 5) is 11.9. The highest BCUT2D eigenvalue weighted by molar-refractivity contribution is 5.89. The molecule has 0 aliphatic carbocycles. The fourth-order valence-electron chi connectivity index (χ4n) is 1.96. The maximum absolute atomic E-state index is 14.0. The van der Waals surface area contributed by atoms with Crippen LogP contribution in [0.15, 0.2) is 28.8 Å². The van der Waals surface area contributed by atoms with Crippen molar-refractivity contribution in [1.29, 1.82) is 0 Å². The molecule has 6 nitrogen and oxygen atoms in total. The Morgan fingerprint density at radius 3 is 2.62 bits per heavy atom. The van der Waals surface area contributed by atoms with Crippen LogP contribution in [0.4, 0.5) is 14.9 Å². The third kappa shape index (κ3) is 4.97. The van der Waals surface area contributed by atoms with Crippen LogP contribution < -0.4 is 15.4 Å². The van der Waals surface area contributed by atoms with Crippen molar-refractivity contribution in [2.24, 2.45) is 0 Å². The Hall–Kier alpha value is -2.57. The van der Waals surface area contributed by atoms with Gasteiger partial charge in [0.25, 0.3) is 0 Å². The minimum Gasteiger partial charge on any atom is -0.491 e. The van der Waals surface area contributed by atoms with Crippen molar-refractivity contribution in [3.8, 4) is 5.75 Å². The molecule has 2 amide bonds. The van der Waals surface area contributed by atoms with Crippen LogP contribution in [0.3, 0.4) is 0 Å². The predicted molar refractivity (Wildman–Crippen MR) is 88.6 cm³/mol. The third-order valence-electron chi connectivity index (χ3n) is 3.15. The summed E-state index contributed by atoms with van der Waals surface area (Å²) in [7, 11) is 0. The summed E-state index contributed by atoms with van der Waals surface area (Å²) in [5.74, 6) is 0.633. The molecular weight excluding hydrogens is 313 g/mol. The molecule has 130 valence electrons. The maximum Gasteiger partial charge on any atom is 0.319 e. The van der Waals surface area contributed by atoms with Gasteiger partial charge in [-0.3, -0.25) is 0 Å². The highest BCUT2D eigenvalue weighted by Crippen LogP contribution is 2.21. The summed E-state index contributed by atoms with van der Waals surface area (Å²) >= 11 is 0. The molecule has 1 aromatic heterocycles. The van der Waals surface area contributed by atoms with Gasteiger partial charge < -0.3 is 19.9 Å². The first kappa shape index (κ1) is 17.8. The van der Waals surface area contributed by atoms with Crippen molar-refractivity contribution in [1.82, 2.24) is 10.5 Å². The fourth-order valence-corrected chi connectivity index (χ4v) is 1.96. The second-order valence-electron chi connectivity index (χ2n) is 5.99. The van der Waals surface area contributed by atoms with E-state index < -0.39 is 11.8 Å². The van der Waals surface area contributed by atoms with E-state index >= 15 is 0 Å². The van der Waals surface area contributed by atoms with E-state index in [1.165, 1.54) is 12.1 Å². The summed E-state index contributed by atoms with van der Waals surface area (Å²) < 4.78 is 24.5. The molecule has 1 heterocycles. The third-order valence-corrected chi connectivity index (χ3v) is 3.15. The lowest BCUT2D eigenvalue weighted by Crippen LogP contribution is -2.28. The Morgan fingerprint density at radius 2 is 2.04 bits per heavy atom. The number of halogens is 1. The molecule has 0 aliphatic rings. The molecule has 0 bridgehead atoms. The number of aromatic nitrogens is 1. The fraction of sp³-hybridized carbons (Fsp3) is 0.412. The number of hydrogen-bond donors (Lipinski definition) is 2. The maximum atomic E-state index is 14.0. The minimum atomic E-state index is -0.565. The summed E-state index contributed by atoms with van der Waals surface area (Å²) in [6.45, 7) is 7.87. The van der Waals surface area contributed by atoms with Crippen molar-refractivity contribution >= 4 is 11.7 Å². The summed E-state index contributed by atoms with van der Waals surface area (Å²) in [5, 5.41) is 8.94. The van der Waals surface area contributed by atoms with Crippen LogP contribution in [0.5, 0.6) is 5.75 Å². The molecule has 7 heteroatoms. The Labute approximate surface area is 140 Å². The Balaban J connectivity index is 1.89. The van der Waals surface area contributed by atoms with E-state index in [0.29, 0.717) is 11.5 Å². The van der Waals surface area contributed by atoms with Crippen molar-refractivity contribution in [3.05, 3.63) is 41.5 Å². The van der Waals surface area contributed by atoms with Crippen LogP contribution in [0.25, 0.3) is 0 Å². The van der Waals surface area contributed by atoms with Crippen LogP contribution in [-0.4, -0.2) is 17.3 Å². The molecule has 0 saturated heterocycles. The van der Waals surface area contributed by atoms with Gasteiger partial charge in [0, 0.05) is 12.1 Å². The van der Waals surface area contributed by atoms with Gasteiger partial charge in [-0.1, -0.05) is 19.0 Å². The molecule has 0 aliphatic heterocycles. The lowest BCUT2D eigenvalue weighted by Gasteiger charge is -2.12. The molecule has 2 N–H and O–H groups in total. The average Bonchev–Trinajstić information content (AvgIpc) is 2.96. The lowest BCUT2D eigenvalue weighted by atomic mass is 10.1. The first-order chi connectivity index (χ1) is 11.3. The molecule has 0 atom stereocenters. The van der Waals surface area contributed by atoms with Crippen molar-refractivity contribution in [3.63, 3.8) is 0 Å². The SMILES string of the molecule is CC(C)Oc1ccc(NC(=O)NCc2cc(C(C)C)no2)c(F)c1. The molecule has 0 fully saturated rings. The zero-order valence-electron chi connectivity index (χ0n) is 14.2. The van der Waals surface area contributed by atoms with E-state index in [4.69, 9.17) is 9.26 Å². The number of carbonyl (C=O) groups is 1. The molecule has 1 aromatic carbocycles. The molecule has 2 rings (SSSR count). The molecule has 2 aromatic rings. The predicted octanol–water partition coefficient (Wildman–Crippen LogP) is 4.05. The Kier molecular flexibility index (Phi) is 5.78. The van der Waals surface area contributed by atoms with Crippen LogP contribution in [-0.2, 0) is 6.54 Å². The van der Waals surface area contributed by atoms with Gasteiger partial charge in [0.1, 0.15) is 11.6 Å².